The number of ether oxygens (including phenoxy) is 1. The van der Waals surface area contributed by atoms with Crippen molar-refractivity contribution >= 4 is 5.97 Å². The van der Waals surface area contributed by atoms with Gasteiger partial charge in [-0.2, -0.15) is 0 Å². The highest BCUT2D eigenvalue weighted by molar-refractivity contribution is 5.84. The number of carbonyl (C=O) groups is 1. The average Bonchev–Trinajstić information content (AvgIpc) is 2.31. The molecule has 2 aliphatic rings. The molecule has 2 heteroatoms. The second kappa shape index (κ2) is 2.10. The van der Waals surface area contributed by atoms with Gasteiger partial charge in [0.25, 0.3) is 0 Å². The topological polar surface area (TPSA) is 26.3 Å². The van der Waals surface area contributed by atoms with E-state index in [0.717, 1.165) is 6.42 Å². The summed E-state index contributed by atoms with van der Waals surface area (Å²) >= 11 is 0. The van der Waals surface area contributed by atoms with Gasteiger partial charge in [-0.1, -0.05) is 12.5 Å². The lowest BCUT2D eigenvalue weighted by Crippen LogP contribution is -2.28. The van der Waals surface area contributed by atoms with Crippen molar-refractivity contribution in [2.75, 3.05) is 6.61 Å². The van der Waals surface area contributed by atoms with Crippen LogP contribution in [-0.4, -0.2) is 12.6 Å². The molecule has 1 atom stereocenters. The fourth-order valence-electron chi connectivity index (χ4n) is 1.96. The quantitative estimate of drug-likeness (QED) is 0.493. The summed E-state index contributed by atoms with van der Waals surface area (Å²) in [5, 5.41) is 0. The van der Waals surface area contributed by atoms with Crippen LogP contribution in [0.5, 0.6) is 0 Å². The Morgan fingerprint density at radius 3 is 3.27 bits per heavy atom. The first-order chi connectivity index (χ1) is 5.21. The minimum atomic E-state index is -0.153. The molecule has 0 bridgehead atoms. The number of fused-ring (bicyclic) bond motifs is 1. The van der Waals surface area contributed by atoms with Crippen LogP contribution in [0.4, 0.5) is 0 Å². The summed E-state index contributed by atoms with van der Waals surface area (Å²) in [5.41, 5.74) is 1.49. The normalized spacial score (nSPS) is 36.1. The second-order valence-corrected chi connectivity index (χ2v) is 3.69. The molecule has 1 saturated carbocycles. The Morgan fingerprint density at radius 2 is 2.45 bits per heavy atom. The summed E-state index contributed by atoms with van der Waals surface area (Å²) in [4.78, 5) is 10.8. The first kappa shape index (κ1) is 6.89. The lowest BCUT2D eigenvalue weighted by atomic mass is 9.84. The summed E-state index contributed by atoms with van der Waals surface area (Å²) in [7, 11) is 0. The Morgan fingerprint density at radius 1 is 1.64 bits per heavy atom. The molecule has 2 rings (SSSR count). The van der Waals surface area contributed by atoms with Crippen LogP contribution in [-0.2, 0) is 9.53 Å². The van der Waals surface area contributed by atoms with Gasteiger partial charge in [-0.05, 0) is 19.3 Å². The van der Waals surface area contributed by atoms with Crippen LogP contribution in [0.3, 0.4) is 0 Å². The molecule has 0 unspecified atom stereocenters. The lowest BCUT2D eigenvalue weighted by molar-refractivity contribution is -0.141. The van der Waals surface area contributed by atoms with E-state index in [1.165, 1.54) is 18.4 Å². The molecule has 0 spiro atoms. The molecule has 0 radical (unpaired) electrons. The molecule has 2 nitrogen and oxygen atoms in total. The van der Waals surface area contributed by atoms with Gasteiger partial charge in [-0.3, -0.25) is 0 Å². The first-order valence-corrected chi connectivity index (χ1v) is 4.08. The van der Waals surface area contributed by atoms with Gasteiger partial charge in [0, 0.05) is 11.5 Å². The number of cyclic esters (lactones) is 1. The van der Waals surface area contributed by atoms with Gasteiger partial charge in [-0.15, -0.1) is 0 Å². The van der Waals surface area contributed by atoms with Gasteiger partial charge in [0.1, 0.15) is 6.61 Å². The standard InChI is InChI=1S/C9H12O2/c1-9-4-2-3-7(9)5-8(10)11-6-9/h5H,2-4,6H2,1H3/t9-/m0/s1. The number of hydrogen-bond donors (Lipinski definition) is 0. The Kier molecular flexibility index (Phi) is 1.31. The summed E-state index contributed by atoms with van der Waals surface area (Å²) in [6.07, 6.45) is 5.15. The number of hydrogen-bond acceptors (Lipinski definition) is 2. The SMILES string of the molecule is C[C@@]12CCCC1=CC(=O)OC2. The summed E-state index contributed by atoms with van der Waals surface area (Å²) in [6, 6.07) is 0. The summed E-state index contributed by atoms with van der Waals surface area (Å²) in [6.45, 7) is 2.77. The summed E-state index contributed by atoms with van der Waals surface area (Å²) in [5.74, 6) is -0.153. The van der Waals surface area contributed by atoms with Gasteiger partial charge in [0.05, 0.1) is 0 Å². The van der Waals surface area contributed by atoms with E-state index in [4.69, 9.17) is 4.74 Å². The lowest BCUT2D eigenvalue weighted by Gasteiger charge is -2.28. The maximum atomic E-state index is 10.8. The van der Waals surface area contributed by atoms with E-state index in [-0.39, 0.29) is 11.4 Å². The molecule has 1 fully saturated rings. The molecular formula is C9H12O2. The molecule has 0 saturated heterocycles. The van der Waals surface area contributed by atoms with Crippen LogP contribution >= 0.6 is 0 Å². The third kappa shape index (κ3) is 0.971. The van der Waals surface area contributed by atoms with Gasteiger partial charge in [0.2, 0.25) is 0 Å². The number of rotatable bonds is 0. The average molecular weight is 152 g/mol. The van der Waals surface area contributed by atoms with Crippen molar-refractivity contribution in [1.29, 1.82) is 0 Å². The van der Waals surface area contributed by atoms with Crippen molar-refractivity contribution in [3.8, 4) is 0 Å². The largest absolute Gasteiger partial charge is 0.462 e. The molecule has 11 heavy (non-hydrogen) atoms. The van der Waals surface area contributed by atoms with Crippen molar-refractivity contribution in [3.05, 3.63) is 11.6 Å². The monoisotopic (exact) mass is 152 g/mol. The van der Waals surface area contributed by atoms with Crippen molar-refractivity contribution in [2.45, 2.75) is 26.2 Å². The Balaban J connectivity index is 2.34. The van der Waals surface area contributed by atoms with E-state index >= 15 is 0 Å². The van der Waals surface area contributed by atoms with E-state index in [1.54, 1.807) is 6.08 Å². The first-order valence-electron chi connectivity index (χ1n) is 4.08. The van der Waals surface area contributed by atoms with Gasteiger partial charge < -0.3 is 4.74 Å². The predicted molar refractivity (Wildman–Crippen MR) is 41.0 cm³/mol. The molecule has 1 aliphatic heterocycles. The Bertz CT molecular complexity index is 230. The zero-order valence-electron chi connectivity index (χ0n) is 6.72. The molecule has 1 heterocycles. The third-order valence-corrected chi connectivity index (χ3v) is 2.77. The highest BCUT2D eigenvalue weighted by Gasteiger charge is 2.37. The van der Waals surface area contributed by atoms with Crippen molar-refractivity contribution in [3.63, 3.8) is 0 Å². The second-order valence-electron chi connectivity index (χ2n) is 3.69. The van der Waals surface area contributed by atoms with E-state index < -0.39 is 0 Å². The van der Waals surface area contributed by atoms with Crippen LogP contribution in [0.25, 0.3) is 0 Å². The Hall–Kier alpha value is -0.790. The van der Waals surface area contributed by atoms with E-state index in [1.807, 2.05) is 0 Å². The molecule has 0 N–H and O–H groups in total. The minimum absolute atomic E-state index is 0.153. The van der Waals surface area contributed by atoms with Crippen molar-refractivity contribution in [1.82, 2.24) is 0 Å². The number of esters is 1. The van der Waals surface area contributed by atoms with Crippen molar-refractivity contribution < 1.29 is 9.53 Å². The predicted octanol–water partition coefficient (Wildman–Crippen LogP) is 1.66. The van der Waals surface area contributed by atoms with Gasteiger partial charge in [0.15, 0.2) is 0 Å². The molecule has 0 aromatic rings. The fourth-order valence-corrected chi connectivity index (χ4v) is 1.96. The highest BCUT2D eigenvalue weighted by Crippen LogP contribution is 2.44. The van der Waals surface area contributed by atoms with E-state index in [9.17, 15) is 4.79 Å². The minimum Gasteiger partial charge on any atom is -0.462 e. The van der Waals surface area contributed by atoms with Crippen LogP contribution in [0.15, 0.2) is 11.6 Å². The van der Waals surface area contributed by atoms with Gasteiger partial charge in [-0.25, -0.2) is 4.79 Å². The molecule has 0 aromatic heterocycles. The fraction of sp³-hybridized carbons (Fsp3) is 0.667. The maximum Gasteiger partial charge on any atom is 0.330 e. The van der Waals surface area contributed by atoms with Crippen molar-refractivity contribution in [2.24, 2.45) is 5.41 Å². The zero-order chi connectivity index (χ0) is 7.90. The van der Waals surface area contributed by atoms with Crippen LogP contribution in [0.2, 0.25) is 0 Å². The third-order valence-electron chi connectivity index (χ3n) is 2.77. The molecule has 0 amide bonds. The molecule has 0 aromatic carbocycles. The van der Waals surface area contributed by atoms with Crippen LogP contribution < -0.4 is 0 Å². The smallest absolute Gasteiger partial charge is 0.330 e. The summed E-state index contributed by atoms with van der Waals surface area (Å²) < 4.78 is 4.98. The highest BCUT2D eigenvalue weighted by atomic mass is 16.5. The van der Waals surface area contributed by atoms with Gasteiger partial charge >= 0.3 is 5.97 Å². The van der Waals surface area contributed by atoms with Crippen LogP contribution in [0.1, 0.15) is 26.2 Å². The van der Waals surface area contributed by atoms with E-state index in [2.05, 4.69) is 6.92 Å². The number of carbonyl (C=O) groups excluding carboxylic acids is 1. The van der Waals surface area contributed by atoms with Crippen LogP contribution in [0, 0.1) is 5.41 Å². The molecule has 60 valence electrons. The Labute approximate surface area is 66.2 Å². The zero-order valence-corrected chi connectivity index (χ0v) is 6.72. The molecule has 1 aliphatic carbocycles. The molecular weight excluding hydrogens is 140 g/mol. The maximum absolute atomic E-state index is 10.8. The van der Waals surface area contributed by atoms with E-state index in [0.29, 0.717) is 6.61 Å².